The van der Waals surface area contributed by atoms with E-state index in [1.807, 2.05) is 0 Å². The van der Waals surface area contributed by atoms with Gasteiger partial charge in [-0.1, -0.05) is 0 Å². The SMILES string of the molecule is CNC(C)(C)C(=O)Nc1ccc(SC(F)(F)F)cc1. The van der Waals surface area contributed by atoms with Crippen LogP contribution < -0.4 is 10.6 Å². The van der Waals surface area contributed by atoms with E-state index in [1.165, 1.54) is 24.3 Å². The number of amides is 1. The van der Waals surface area contributed by atoms with E-state index in [0.717, 1.165) is 0 Å². The highest BCUT2D eigenvalue weighted by molar-refractivity contribution is 8.00. The number of likely N-dealkylation sites (N-methyl/N-ethyl adjacent to an activating group) is 1. The standard InChI is InChI=1S/C12H15F3N2OS/c1-11(2,16-3)10(18)17-8-4-6-9(7-5-8)19-12(13,14)15/h4-7,16H,1-3H3,(H,17,18). The van der Waals surface area contributed by atoms with Gasteiger partial charge in [0.1, 0.15) is 0 Å². The molecule has 19 heavy (non-hydrogen) atoms. The molecule has 0 radical (unpaired) electrons. The average molecular weight is 292 g/mol. The van der Waals surface area contributed by atoms with Crippen molar-refractivity contribution in [2.75, 3.05) is 12.4 Å². The van der Waals surface area contributed by atoms with Gasteiger partial charge in [0.2, 0.25) is 5.91 Å². The molecule has 1 rings (SSSR count). The van der Waals surface area contributed by atoms with E-state index in [4.69, 9.17) is 0 Å². The normalized spacial score (nSPS) is 12.3. The zero-order chi connectivity index (χ0) is 14.7. The molecule has 0 bridgehead atoms. The van der Waals surface area contributed by atoms with Crippen molar-refractivity contribution in [2.24, 2.45) is 0 Å². The number of thioether (sulfide) groups is 1. The summed E-state index contributed by atoms with van der Waals surface area (Å²) in [6.45, 7) is 3.41. The molecule has 0 spiro atoms. The Labute approximate surface area is 114 Å². The molecule has 1 aromatic rings. The Bertz CT molecular complexity index is 443. The van der Waals surface area contributed by atoms with Crippen molar-refractivity contribution in [3.8, 4) is 0 Å². The van der Waals surface area contributed by atoms with Crippen LogP contribution in [0.15, 0.2) is 29.2 Å². The van der Waals surface area contributed by atoms with Crippen LogP contribution in [0.5, 0.6) is 0 Å². The fourth-order valence-electron chi connectivity index (χ4n) is 1.14. The van der Waals surface area contributed by atoms with Gasteiger partial charge in [-0.25, -0.2) is 0 Å². The molecule has 7 heteroatoms. The summed E-state index contributed by atoms with van der Waals surface area (Å²) in [5.41, 5.74) is -4.60. The van der Waals surface area contributed by atoms with Crippen LogP contribution in [-0.2, 0) is 4.79 Å². The van der Waals surface area contributed by atoms with E-state index >= 15 is 0 Å². The maximum atomic E-state index is 12.1. The number of carbonyl (C=O) groups excluding carboxylic acids is 1. The molecular formula is C12H15F3N2OS. The predicted molar refractivity (Wildman–Crippen MR) is 70.1 cm³/mol. The molecule has 0 unspecified atom stereocenters. The quantitative estimate of drug-likeness (QED) is 0.837. The van der Waals surface area contributed by atoms with Crippen molar-refractivity contribution in [3.63, 3.8) is 0 Å². The van der Waals surface area contributed by atoms with E-state index in [1.54, 1.807) is 20.9 Å². The highest BCUT2D eigenvalue weighted by atomic mass is 32.2. The number of hydrogen-bond acceptors (Lipinski definition) is 3. The first kappa shape index (κ1) is 15.8. The van der Waals surface area contributed by atoms with E-state index in [0.29, 0.717) is 5.69 Å². The molecule has 0 aliphatic heterocycles. The molecule has 106 valence electrons. The van der Waals surface area contributed by atoms with Crippen LogP contribution >= 0.6 is 11.8 Å². The Morgan fingerprint density at radius 1 is 1.16 bits per heavy atom. The zero-order valence-electron chi connectivity index (χ0n) is 10.8. The summed E-state index contributed by atoms with van der Waals surface area (Å²) >= 11 is -0.187. The minimum absolute atomic E-state index is 0.0818. The second kappa shape index (κ2) is 5.83. The number of nitrogens with one attached hydrogen (secondary N) is 2. The third-order valence-corrected chi connectivity index (χ3v) is 3.28. The maximum Gasteiger partial charge on any atom is 0.446 e. The molecule has 0 aromatic heterocycles. The summed E-state index contributed by atoms with van der Waals surface area (Å²) in [4.78, 5) is 11.9. The summed E-state index contributed by atoms with van der Waals surface area (Å²) in [7, 11) is 1.66. The Morgan fingerprint density at radius 2 is 1.68 bits per heavy atom. The number of rotatable bonds is 4. The number of anilines is 1. The van der Waals surface area contributed by atoms with Gasteiger partial charge in [0.05, 0.1) is 5.54 Å². The zero-order valence-corrected chi connectivity index (χ0v) is 11.6. The molecule has 0 aliphatic rings. The summed E-state index contributed by atoms with van der Waals surface area (Å²) < 4.78 is 36.4. The molecule has 0 saturated carbocycles. The van der Waals surface area contributed by atoms with Gasteiger partial charge in [0, 0.05) is 10.6 Å². The van der Waals surface area contributed by atoms with Gasteiger partial charge in [0.15, 0.2) is 0 Å². The van der Waals surface area contributed by atoms with Crippen molar-refractivity contribution in [1.82, 2.24) is 5.32 Å². The van der Waals surface area contributed by atoms with Gasteiger partial charge >= 0.3 is 5.51 Å². The molecule has 0 heterocycles. The Balaban J connectivity index is 2.70. The minimum atomic E-state index is -4.31. The van der Waals surface area contributed by atoms with Gasteiger partial charge in [-0.15, -0.1) is 0 Å². The van der Waals surface area contributed by atoms with Gasteiger partial charge < -0.3 is 10.6 Å². The fraction of sp³-hybridized carbons (Fsp3) is 0.417. The lowest BCUT2D eigenvalue weighted by molar-refractivity contribution is -0.121. The maximum absolute atomic E-state index is 12.1. The van der Waals surface area contributed by atoms with Crippen molar-refractivity contribution in [2.45, 2.75) is 29.8 Å². The summed E-state index contributed by atoms with van der Waals surface area (Å²) in [5.74, 6) is -0.258. The largest absolute Gasteiger partial charge is 0.446 e. The molecular weight excluding hydrogens is 277 g/mol. The second-order valence-electron chi connectivity index (χ2n) is 4.40. The Kier molecular flexibility index (Phi) is 4.86. The van der Waals surface area contributed by atoms with Crippen LogP contribution in [0, 0.1) is 0 Å². The van der Waals surface area contributed by atoms with Gasteiger partial charge in [-0.3, -0.25) is 4.79 Å². The molecule has 1 aromatic carbocycles. The predicted octanol–water partition coefficient (Wildman–Crippen LogP) is 3.24. The second-order valence-corrected chi connectivity index (χ2v) is 5.54. The molecule has 1 amide bonds. The lowest BCUT2D eigenvalue weighted by Crippen LogP contribution is -2.47. The Morgan fingerprint density at radius 3 is 2.11 bits per heavy atom. The third-order valence-electron chi connectivity index (χ3n) is 2.54. The van der Waals surface area contributed by atoms with Crippen molar-refractivity contribution in [3.05, 3.63) is 24.3 Å². The van der Waals surface area contributed by atoms with Crippen LogP contribution in [0.25, 0.3) is 0 Å². The smallest absolute Gasteiger partial charge is 0.325 e. The number of alkyl halides is 3. The summed E-state index contributed by atoms with van der Waals surface area (Å²) in [5, 5.41) is 5.47. The highest BCUT2D eigenvalue weighted by Crippen LogP contribution is 2.37. The van der Waals surface area contributed by atoms with Crippen LogP contribution in [0.1, 0.15) is 13.8 Å². The first-order chi connectivity index (χ1) is 8.64. The van der Waals surface area contributed by atoms with E-state index in [-0.39, 0.29) is 22.6 Å². The van der Waals surface area contributed by atoms with E-state index < -0.39 is 11.0 Å². The molecule has 0 saturated heterocycles. The van der Waals surface area contributed by atoms with Gasteiger partial charge in [-0.05, 0) is 56.9 Å². The first-order valence-corrected chi connectivity index (χ1v) is 6.32. The Hall–Kier alpha value is -1.21. The monoisotopic (exact) mass is 292 g/mol. The van der Waals surface area contributed by atoms with Crippen LogP contribution in [-0.4, -0.2) is 24.0 Å². The van der Waals surface area contributed by atoms with Crippen molar-refractivity contribution in [1.29, 1.82) is 0 Å². The summed E-state index contributed by atoms with van der Waals surface area (Å²) in [6.07, 6.45) is 0. The fourth-order valence-corrected chi connectivity index (χ4v) is 1.68. The average Bonchev–Trinajstić information content (AvgIpc) is 2.29. The van der Waals surface area contributed by atoms with Gasteiger partial charge in [0.25, 0.3) is 0 Å². The molecule has 0 aliphatic carbocycles. The summed E-state index contributed by atoms with van der Waals surface area (Å²) in [6, 6.07) is 5.52. The highest BCUT2D eigenvalue weighted by Gasteiger charge is 2.29. The van der Waals surface area contributed by atoms with Gasteiger partial charge in [-0.2, -0.15) is 13.2 Å². The lowest BCUT2D eigenvalue weighted by Gasteiger charge is -2.22. The van der Waals surface area contributed by atoms with Crippen LogP contribution in [0.3, 0.4) is 0 Å². The number of halogens is 3. The number of hydrogen-bond donors (Lipinski definition) is 2. The molecule has 0 fully saturated rings. The number of benzene rings is 1. The number of carbonyl (C=O) groups is 1. The molecule has 3 nitrogen and oxygen atoms in total. The first-order valence-electron chi connectivity index (χ1n) is 5.50. The lowest BCUT2D eigenvalue weighted by atomic mass is 10.1. The van der Waals surface area contributed by atoms with Crippen molar-refractivity contribution < 1.29 is 18.0 Å². The van der Waals surface area contributed by atoms with E-state index in [2.05, 4.69) is 10.6 Å². The molecule has 2 N–H and O–H groups in total. The minimum Gasteiger partial charge on any atom is -0.325 e. The van der Waals surface area contributed by atoms with E-state index in [9.17, 15) is 18.0 Å². The molecule has 0 atom stereocenters. The van der Waals surface area contributed by atoms with Crippen LogP contribution in [0.4, 0.5) is 18.9 Å². The topological polar surface area (TPSA) is 41.1 Å². The van der Waals surface area contributed by atoms with Crippen molar-refractivity contribution >= 4 is 23.4 Å². The van der Waals surface area contributed by atoms with Crippen LogP contribution in [0.2, 0.25) is 0 Å². The third kappa shape index (κ3) is 5.12.